The van der Waals surface area contributed by atoms with Crippen molar-refractivity contribution in [3.8, 4) is 23.0 Å². The van der Waals surface area contributed by atoms with Gasteiger partial charge in [0.25, 0.3) is 0 Å². The average Bonchev–Trinajstić information content (AvgIpc) is 3.04. The number of methoxy groups -OCH3 is 2. The lowest BCUT2D eigenvalue weighted by atomic mass is 10.0. The predicted molar refractivity (Wildman–Crippen MR) is 91.1 cm³/mol. The molecule has 134 valence electrons. The van der Waals surface area contributed by atoms with Gasteiger partial charge in [-0.2, -0.15) is 0 Å². The zero-order chi connectivity index (χ0) is 17.5. The van der Waals surface area contributed by atoms with Crippen LogP contribution in [-0.4, -0.2) is 33.0 Å². The number of fused-ring (bicyclic) bond motifs is 1. The van der Waals surface area contributed by atoms with Crippen molar-refractivity contribution < 1.29 is 23.7 Å². The normalized spacial score (nSPS) is 12.4. The Morgan fingerprint density at radius 1 is 1.17 bits per heavy atom. The fourth-order valence-electron chi connectivity index (χ4n) is 3.01. The van der Waals surface area contributed by atoms with E-state index in [4.69, 9.17) is 18.9 Å². The molecule has 1 N–H and O–H groups in total. The van der Waals surface area contributed by atoms with Crippen LogP contribution in [0.15, 0.2) is 6.07 Å². The van der Waals surface area contributed by atoms with E-state index in [9.17, 15) is 4.79 Å². The molecule has 1 heterocycles. The molecule has 0 saturated carbocycles. The summed E-state index contributed by atoms with van der Waals surface area (Å²) in [5.41, 5.74) is 0.725. The summed E-state index contributed by atoms with van der Waals surface area (Å²) in [6.07, 6.45) is 4.28. The molecule has 1 aliphatic heterocycles. The third-order valence-electron chi connectivity index (χ3n) is 4.05. The molecular formula is C18H27NO5. The maximum atomic E-state index is 12.5. The molecule has 0 radical (unpaired) electrons. The van der Waals surface area contributed by atoms with E-state index >= 15 is 0 Å². The standard InChI is InChI=1S/C18H27NO5/c1-5-7-13(8-6-2)19-15(20)10-12-9-14(21-3)17-18(16(12)22-4)24-11-23-17/h9,13H,5-8,10-11H2,1-4H3,(H,19,20). The lowest BCUT2D eigenvalue weighted by molar-refractivity contribution is -0.121. The van der Waals surface area contributed by atoms with Crippen LogP contribution in [0, 0.1) is 0 Å². The Balaban J connectivity index is 2.18. The molecule has 0 aliphatic carbocycles. The van der Waals surface area contributed by atoms with Crippen LogP contribution in [-0.2, 0) is 11.2 Å². The van der Waals surface area contributed by atoms with Crippen molar-refractivity contribution in [2.24, 2.45) is 0 Å². The van der Waals surface area contributed by atoms with Crippen molar-refractivity contribution in [3.63, 3.8) is 0 Å². The van der Waals surface area contributed by atoms with Gasteiger partial charge in [-0.25, -0.2) is 0 Å². The van der Waals surface area contributed by atoms with Crippen LogP contribution in [0.1, 0.15) is 45.1 Å². The van der Waals surface area contributed by atoms with Crippen molar-refractivity contribution >= 4 is 5.91 Å². The van der Waals surface area contributed by atoms with E-state index < -0.39 is 0 Å². The van der Waals surface area contributed by atoms with E-state index in [1.807, 2.05) is 0 Å². The third kappa shape index (κ3) is 4.04. The molecule has 6 heteroatoms. The van der Waals surface area contributed by atoms with E-state index in [0.717, 1.165) is 31.2 Å². The minimum atomic E-state index is -0.0267. The first-order chi connectivity index (χ1) is 11.6. The molecule has 0 saturated heterocycles. The van der Waals surface area contributed by atoms with Gasteiger partial charge in [-0.3, -0.25) is 4.79 Å². The highest BCUT2D eigenvalue weighted by atomic mass is 16.7. The Hall–Kier alpha value is -2.11. The van der Waals surface area contributed by atoms with Gasteiger partial charge in [0.2, 0.25) is 24.2 Å². The number of ether oxygens (including phenoxy) is 4. The quantitative estimate of drug-likeness (QED) is 0.750. The van der Waals surface area contributed by atoms with Gasteiger partial charge >= 0.3 is 0 Å². The minimum Gasteiger partial charge on any atom is -0.493 e. The van der Waals surface area contributed by atoms with Crippen LogP contribution < -0.4 is 24.3 Å². The first-order valence-electron chi connectivity index (χ1n) is 8.47. The molecule has 24 heavy (non-hydrogen) atoms. The van der Waals surface area contributed by atoms with Gasteiger partial charge in [-0.05, 0) is 18.9 Å². The van der Waals surface area contributed by atoms with Gasteiger partial charge in [0.15, 0.2) is 11.5 Å². The Morgan fingerprint density at radius 2 is 1.83 bits per heavy atom. The summed E-state index contributed by atoms with van der Waals surface area (Å²) in [6, 6.07) is 2.00. The second-order valence-electron chi connectivity index (χ2n) is 5.85. The van der Waals surface area contributed by atoms with E-state index in [0.29, 0.717) is 23.0 Å². The first kappa shape index (κ1) is 18.2. The van der Waals surface area contributed by atoms with Gasteiger partial charge in [0.1, 0.15) is 0 Å². The second kappa shape index (κ2) is 8.66. The number of nitrogens with one attached hydrogen (secondary N) is 1. The molecule has 1 aromatic carbocycles. The molecule has 1 aliphatic rings. The van der Waals surface area contributed by atoms with E-state index in [1.165, 1.54) is 0 Å². The third-order valence-corrected chi connectivity index (χ3v) is 4.05. The van der Waals surface area contributed by atoms with E-state index in [2.05, 4.69) is 19.2 Å². The smallest absolute Gasteiger partial charge is 0.231 e. The molecule has 0 atom stereocenters. The number of hydrogen-bond acceptors (Lipinski definition) is 5. The van der Waals surface area contributed by atoms with Gasteiger partial charge in [0, 0.05) is 11.6 Å². The Morgan fingerprint density at radius 3 is 2.42 bits per heavy atom. The summed E-state index contributed by atoms with van der Waals surface area (Å²) in [5, 5.41) is 3.12. The Kier molecular flexibility index (Phi) is 6.58. The molecule has 6 nitrogen and oxygen atoms in total. The molecule has 0 aromatic heterocycles. The van der Waals surface area contributed by atoms with Crippen LogP contribution in [0.4, 0.5) is 0 Å². The van der Waals surface area contributed by atoms with Gasteiger partial charge in [0.05, 0.1) is 20.6 Å². The maximum Gasteiger partial charge on any atom is 0.231 e. The van der Waals surface area contributed by atoms with Crippen LogP contribution in [0.2, 0.25) is 0 Å². The summed E-state index contributed by atoms with van der Waals surface area (Å²) >= 11 is 0. The molecule has 1 amide bonds. The summed E-state index contributed by atoms with van der Waals surface area (Å²) in [6.45, 7) is 4.37. The molecule has 0 fully saturated rings. The topological polar surface area (TPSA) is 66.0 Å². The maximum absolute atomic E-state index is 12.5. The summed E-state index contributed by atoms with van der Waals surface area (Å²) in [7, 11) is 3.12. The first-order valence-corrected chi connectivity index (χ1v) is 8.47. The number of amides is 1. The zero-order valence-electron chi connectivity index (χ0n) is 14.9. The highest BCUT2D eigenvalue weighted by Crippen LogP contribution is 2.49. The van der Waals surface area contributed by atoms with Crippen molar-refractivity contribution in [1.29, 1.82) is 0 Å². The monoisotopic (exact) mass is 337 g/mol. The van der Waals surface area contributed by atoms with Gasteiger partial charge in [-0.1, -0.05) is 26.7 Å². The van der Waals surface area contributed by atoms with Crippen molar-refractivity contribution in [2.45, 2.75) is 52.0 Å². The van der Waals surface area contributed by atoms with E-state index in [1.54, 1.807) is 20.3 Å². The highest BCUT2D eigenvalue weighted by molar-refractivity contribution is 5.81. The molecule has 0 unspecified atom stereocenters. The largest absolute Gasteiger partial charge is 0.493 e. The lowest BCUT2D eigenvalue weighted by Gasteiger charge is -2.18. The summed E-state index contributed by atoms with van der Waals surface area (Å²) < 4.78 is 21.7. The zero-order valence-corrected chi connectivity index (χ0v) is 14.9. The van der Waals surface area contributed by atoms with Crippen molar-refractivity contribution in [1.82, 2.24) is 5.32 Å². The van der Waals surface area contributed by atoms with E-state index in [-0.39, 0.29) is 25.2 Å². The molecule has 0 spiro atoms. The highest BCUT2D eigenvalue weighted by Gasteiger charge is 2.28. The fourth-order valence-corrected chi connectivity index (χ4v) is 3.01. The van der Waals surface area contributed by atoms with Gasteiger partial charge in [-0.15, -0.1) is 0 Å². The number of benzene rings is 1. The van der Waals surface area contributed by atoms with Crippen LogP contribution >= 0.6 is 0 Å². The van der Waals surface area contributed by atoms with Gasteiger partial charge < -0.3 is 24.3 Å². The fraction of sp³-hybridized carbons (Fsp3) is 0.611. The SMILES string of the molecule is CCCC(CCC)NC(=O)Cc1cc(OC)c2c(c1OC)OCO2. The second-order valence-corrected chi connectivity index (χ2v) is 5.85. The van der Waals surface area contributed by atoms with Crippen LogP contribution in [0.5, 0.6) is 23.0 Å². The minimum absolute atomic E-state index is 0.0267. The molecular weight excluding hydrogens is 310 g/mol. The van der Waals surface area contributed by atoms with Crippen molar-refractivity contribution in [2.75, 3.05) is 21.0 Å². The molecule has 2 rings (SSSR count). The van der Waals surface area contributed by atoms with Crippen molar-refractivity contribution in [3.05, 3.63) is 11.6 Å². The number of carbonyl (C=O) groups is 1. The molecule has 0 bridgehead atoms. The summed E-state index contributed by atoms with van der Waals surface area (Å²) in [5.74, 6) is 2.07. The Labute approximate surface area is 143 Å². The molecule has 1 aromatic rings. The average molecular weight is 337 g/mol. The van der Waals surface area contributed by atoms with Crippen LogP contribution in [0.25, 0.3) is 0 Å². The van der Waals surface area contributed by atoms with Crippen LogP contribution in [0.3, 0.4) is 0 Å². The Bertz CT molecular complexity index is 567. The number of hydrogen-bond donors (Lipinski definition) is 1. The number of rotatable bonds is 9. The predicted octanol–water partition coefficient (Wildman–Crippen LogP) is 3.06. The lowest BCUT2D eigenvalue weighted by Crippen LogP contribution is -2.35. The summed E-state index contributed by atoms with van der Waals surface area (Å²) in [4.78, 5) is 12.5. The number of carbonyl (C=O) groups excluding carboxylic acids is 1.